The summed E-state index contributed by atoms with van der Waals surface area (Å²) >= 11 is 0. The maximum atomic E-state index is 5.33. The normalized spacial score (nSPS) is 14.0. The molecule has 0 bridgehead atoms. The standard InChI is InChI=1S/C29H38N4Si.Ir/c1-8-34(9-2,10-3)29(6,7)28(4,5)25-21-30-26-27(31-25)33(24-19-15-12-16-20-24)22-32(26)23-17-13-11-14-18-23;/h11-19,21-22H,8-10H2,1-7H3;/q-2;. The Balaban J connectivity index is 0.00000342. The molecule has 0 N–H and O–H groups in total. The molecule has 1 radical (unpaired) electrons. The molecule has 189 valence electrons. The second kappa shape index (κ2) is 10.5. The Morgan fingerprint density at radius 3 is 2.06 bits per heavy atom. The van der Waals surface area contributed by atoms with Crippen LogP contribution in [0.3, 0.4) is 0 Å². The Kier molecular flexibility index (Phi) is 8.30. The fourth-order valence-electron chi connectivity index (χ4n) is 5.78. The zero-order valence-corrected chi connectivity index (χ0v) is 25.5. The molecule has 6 heteroatoms. The molecule has 0 spiro atoms. The SMILES string of the molecule is CC[Si](CC)(CC)C(C)(C)C(C)(C)c1cnc2c(n1)N(c1[c-]cccc1)[CH-]N2c1ccccc1.[Ir]. The smallest absolute Gasteiger partial charge is 0.145 e. The summed E-state index contributed by atoms with van der Waals surface area (Å²) in [5.41, 5.74) is 2.98. The summed E-state index contributed by atoms with van der Waals surface area (Å²) in [4.78, 5) is 14.6. The largest absolute Gasteiger partial charge is 0.477 e. The third-order valence-corrected chi connectivity index (χ3v) is 16.3. The molecule has 0 saturated carbocycles. The molecule has 1 aromatic heterocycles. The van der Waals surface area contributed by atoms with Crippen molar-refractivity contribution in [3.05, 3.63) is 79.2 Å². The van der Waals surface area contributed by atoms with Gasteiger partial charge in [-0.3, -0.25) is 0 Å². The first-order valence-corrected chi connectivity index (χ1v) is 15.2. The van der Waals surface area contributed by atoms with Crippen LogP contribution in [-0.2, 0) is 25.5 Å². The number of nitrogens with zero attached hydrogens (tertiary/aromatic N) is 4. The van der Waals surface area contributed by atoms with Gasteiger partial charge in [-0.1, -0.05) is 84.8 Å². The Morgan fingerprint density at radius 2 is 1.49 bits per heavy atom. The Labute approximate surface area is 226 Å². The van der Waals surface area contributed by atoms with E-state index in [4.69, 9.17) is 9.97 Å². The van der Waals surface area contributed by atoms with Crippen molar-refractivity contribution in [1.29, 1.82) is 0 Å². The molecular weight excluding hydrogens is 625 g/mol. The van der Waals surface area contributed by atoms with Gasteiger partial charge in [-0.25, -0.2) is 9.97 Å². The molecule has 35 heavy (non-hydrogen) atoms. The van der Waals surface area contributed by atoms with Gasteiger partial charge in [-0.05, 0) is 17.2 Å². The first-order chi connectivity index (χ1) is 16.2. The molecule has 2 aromatic carbocycles. The fourth-order valence-corrected chi connectivity index (χ4v) is 11.4. The van der Waals surface area contributed by atoms with Gasteiger partial charge in [-0.2, -0.15) is 30.3 Å². The summed E-state index contributed by atoms with van der Waals surface area (Å²) in [6.45, 7) is 19.0. The average molecular weight is 663 g/mol. The fraction of sp³-hybridized carbons (Fsp3) is 0.414. The van der Waals surface area contributed by atoms with Crippen LogP contribution < -0.4 is 9.80 Å². The molecule has 0 aliphatic carbocycles. The Bertz CT molecular complexity index is 1110. The van der Waals surface area contributed by atoms with Crippen molar-refractivity contribution >= 4 is 31.1 Å². The summed E-state index contributed by atoms with van der Waals surface area (Å²) in [5.74, 6) is 1.72. The minimum absolute atomic E-state index is 0. The number of hydrogen-bond donors (Lipinski definition) is 0. The van der Waals surface area contributed by atoms with Gasteiger partial charge in [0, 0.05) is 31.2 Å². The molecule has 4 nitrogen and oxygen atoms in total. The van der Waals surface area contributed by atoms with E-state index in [1.165, 1.54) is 18.1 Å². The molecule has 0 atom stereocenters. The van der Waals surface area contributed by atoms with Crippen molar-refractivity contribution in [3.63, 3.8) is 0 Å². The first kappa shape index (κ1) is 27.6. The van der Waals surface area contributed by atoms with Crippen LogP contribution in [0.15, 0.2) is 60.8 Å². The minimum atomic E-state index is -1.54. The van der Waals surface area contributed by atoms with Crippen LogP contribution in [-0.4, -0.2) is 18.0 Å². The van der Waals surface area contributed by atoms with E-state index < -0.39 is 8.07 Å². The summed E-state index contributed by atoms with van der Waals surface area (Å²) in [7, 11) is -1.54. The number of rotatable bonds is 8. The molecule has 0 amide bonds. The number of aromatic nitrogens is 2. The number of fused-ring (bicyclic) bond motifs is 1. The Morgan fingerprint density at radius 1 is 0.857 bits per heavy atom. The van der Waals surface area contributed by atoms with Gasteiger partial charge in [0.25, 0.3) is 0 Å². The monoisotopic (exact) mass is 663 g/mol. The van der Waals surface area contributed by atoms with Crippen LogP contribution in [0.2, 0.25) is 23.2 Å². The number of benzene rings is 2. The summed E-state index contributed by atoms with van der Waals surface area (Å²) in [6.07, 6.45) is 2.02. The van der Waals surface area contributed by atoms with E-state index in [1.54, 1.807) is 0 Å². The van der Waals surface area contributed by atoms with E-state index in [9.17, 15) is 0 Å². The van der Waals surface area contributed by atoms with Crippen LogP contribution >= 0.6 is 0 Å². The maximum Gasteiger partial charge on any atom is 0.145 e. The van der Waals surface area contributed by atoms with E-state index >= 15 is 0 Å². The average Bonchev–Trinajstić information content (AvgIpc) is 3.25. The third-order valence-electron chi connectivity index (χ3n) is 8.97. The van der Waals surface area contributed by atoms with Gasteiger partial charge in [0.15, 0.2) is 0 Å². The van der Waals surface area contributed by atoms with Crippen molar-refractivity contribution in [3.8, 4) is 0 Å². The van der Waals surface area contributed by atoms with E-state index in [2.05, 4.69) is 101 Å². The molecular formula is C29H38IrN4Si-2. The molecule has 4 rings (SSSR count). The molecule has 1 aliphatic rings. The van der Waals surface area contributed by atoms with Gasteiger partial charge >= 0.3 is 0 Å². The molecule has 2 heterocycles. The maximum absolute atomic E-state index is 5.33. The second-order valence-corrected chi connectivity index (χ2v) is 16.4. The molecule has 0 unspecified atom stereocenters. The topological polar surface area (TPSA) is 32.3 Å². The number of hydrogen-bond acceptors (Lipinski definition) is 4. The van der Waals surface area contributed by atoms with Crippen molar-refractivity contribution < 1.29 is 20.1 Å². The summed E-state index contributed by atoms with van der Waals surface area (Å²) in [5, 5.41) is 0.159. The van der Waals surface area contributed by atoms with Gasteiger partial charge < -0.3 is 9.80 Å². The minimum Gasteiger partial charge on any atom is -0.477 e. The quantitative estimate of drug-likeness (QED) is 0.180. The van der Waals surface area contributed by atoms with Crippen LogP contribution in [0.1, 0.15) is 54.2 Å². The predicted molar refractivity (Wildman–Crippen MR) is 147 cm³/mol. The van der Waals surface area contributed by atoms with E-state index in [0.29, 0.717) is 0 Å². The van der Waals surface area contributed by atoms with Crippen molar-refractivity contribution in [1.82, 2.24) is 9.97 Å². The van der Waals surface area contributed by atoms with Gasteiger partial charge in [-0.15, -0.1) is 12.4 Å². The Hall–Kier alpha value is -2.01. The van der Waals surface area contributed by atoms with Crippen LogP contribution in [0, 0.1) is 12.7 Å². The van der Waals surface area contributed by atoms with Gasteiger partial charge in [0.05, 0.1) is 20.0 Å². The van der Waals surface area contributed by atoms with E-state index in [-0.39, 0.29) is 30.6 Å². The van der Waals surface area contributed by atoms with Crippen LogP contribution in [0.25, 0.3) is 0 Å². The molecule has 3 aromatic rings. The molecule has 1 aliphatic heterocycles. The van der Waals surface area contributed by atoms with Crippen LogP contribution in [0.5, 0.6) is 0 Å². The zero-order chi connectivity index (χ0) is 24.6. The van der Waals surface area contributed by atoms with Crippen molar-refractivity contribution in [2.24, 2.45) is 0 Å². The summed E-state index contributed by atoms with van der Waals surface area (Å²) < 4.78 is 0. The van der Waals surface area contributed by atoms with Gasteiger partial charge in [0.2, 0.25) is 0 Å². The van der Waals surface area contributed by atoms with Crippen LogP contribution in [0.4, 0.5) is 23.0 Å². The zero-order valence-electron chi connectivity index (χ0n) is 22.1. The summed E-state index contributed by atoms with van der Waals surface area (Å²) in [6, 6.07) is 25.6. The number of para-hydroxylation sites is 2. The van der Waals surface area contributed by atoms with Gasteiger partial charge in [0.1, 0.15) is 11.6 Å². The van der Waals surface area contributed by atoms with Crippen molar-refractivity contribution in [2.75, 3.05) is 9.80 Å². The first-order valence-electron chi connectivity index (χ1n) is 12.5. The number of anilines is 4. The third kappa shape index (κ3) is 4.50. The van der Waals surface area contributed by atoms with Crippen molar-refractivity contribution in [2.45, 2.75) is 77.1 Å². The second-order valence-electron chi connectivity index (χ2n) is 10.4. The predicted octanol–water partition coefficient (Wildman–Crippen LogP) is 8.25. The van der Waals surface area contributed by atoms with E-state index in [1.807, 2.05) is 30.5 Å². The molecule has 0 fully saturated rings. The molecule has 0 saturated heterocycles. The van der Waals surface area contributed by atoms with E-state index in [0.717, 1.165) is 28.7 Å².